The zero-order valence-electron chi connectivity index (χ0n) is 9.28. The minimum Gasteiger partial charge on any atom is -0.495 e. The third kappa shape index (κ3) is 2.67. The van der Waals surface area contributed by atoms with E-state index in [0.717, 1.165) is 0 Å². The molecule has 1 aromatic rings. The molecule has 1 rings (SSSR count). The zero-order valence-corrected chi connectivity index (χ0v) is 9.28. The van der Waals surface area contributed by atoms with Gasteiger partial charge in [-0.15, -0.1) is 6.42 Å². The number of benzene rings is 1. The van der Waals surface area contributed by atoms with Crippen LogP contribution in [-0.2, 0) is 0 Å². The number of ether oxygens (including phenoxy) is 1. The normalized spacial score (nSPS) is 11.3. The molecule has 1 atom stereocenters. The first kappa shape index (κ1) is 11.9. The van der Waals surface area contributed by atoms with Crippen molar-refractivity contribution in [2.75, 3.05) is 12.8 Å². The second-order valence-electron chi connectivity index (χ2n) is 3.32. The minimum atomic E-state index is -0.309. The molecule has 0 heterocycles. The summed E-state index contributed by atoms with van der Waals surface area (Å²) in [7, 11) is 1.50. The molecule has 0 saturated carbocycles. The third-order valence-electron chi connectivity index (χ3n) is 2.09. The Bertz CT molecular complexity index is 435. The van der Waals surface area contributed by atoms with Gasteiger partial charge >= 0.3 is 0 Å². The van der Waals surface area contributed by atoms with Gasteiger partial charge in [-0.25, -0.2) is 0 Å². The van der Waals surface area contributed by atoms with Crippen molar-refractivity contribution in [3.8, 4) is 18.1 Å². The van der Waals surface area contributed by atoms with Crippen molar-refractivity contribution in [1.29, 1.82) is 0 Å². The highest BCUT2D eigenvalue weighted by atomic mass is 16.5. The van der Waals surface area contributed by atoms with Crippen molar-refractivity contribution >= 4 is 11.6 Å². The Morgan fingerprint density at radius 3 is 2.88 bits per heavy atom. The van der Waals surface area contributed by atoms with Crippen LogP contribution in [0.3, 0.4) is 0 Å². The molecule has 0 aliphatic heterocycles. The number of carbonyl (C=O) groups is 1. The van der Waals surface area contributed by atoms with Crippen LogP contribution in [0.25, 0.3) is 0 Å². The number of terminal acetylenes is 1. The maximum absolute atomic E-state index is 11.7. The Kier molecular flexibility index (Phi) is 3.78. The Balaban J connectivity index is 2.89. The fourth-order valence-electron chi connectivity index (χ4n) is 1.17. The van der Waals surface area contributed by atoms with Crippen LogP contribution in [0.5, 0.6) is 5.75 Å². The van der Waals surface area contributed by atoms with Crippen LogP contribution in [0, 0.1) is 12.3 Å². The standard InChI is InChI=1S/C12H14N2O2/c1-4-8(2)14-12(15)9-5-6-10(13)11(7-9)16-3/h1,5-8H,13H2,2-3H3,(H,14,15). The van der Waals surface area contributed by atoms with Crippen LogP contribution >= 0.6 is 0 Å². The van der Waals surface area contributed by atoms with E-state index in [1.54, 1.807) is 25.1 Å². The highest BCUT2D eigenvalue weighted by Crippen LogP contribution is 2.21. The molecule has 0 radical (unpaired) electrons. The summed E-state index contributed by atoms with van der Waals surface area (Å²) in [6, 6.07) is 4.51. The molecule has 4 heteroatoms. The number of nitrogens with one attached hydrogen (secondary N) is 1. The van der Waals surface area contributed by atoms with E-state index < -0.39 is 0 Å². The highest BCUT2D eigenvalue weighted by Gasteiger charge is 2.10. The monoisotopic (exact) mass is 218 g/mol. The fourth-order valence-corrected chi connectivity index (χ4v) is 1.17. The van der Waals surface area contributed by atoms with Gasteiger partial charge in [-0.05, 0) is 25.1 Å². The summed E-state index contributed by atoms with van der Waals surface area (Å²) in [6.07, 6.45) is 5.17. The van der Waals surface area contributed by atoms with Crippen molar-refractivity contribution in [3.63, 3.8) is 0 Å². The van der Waals surface area contributed by atoms with Crippen LogP contribution < -0.4 is 15.8 Å². The average molecular weight is 218 g/mol. The molecule has 0 aromatic heterocycles. The molecule has 1 unspecified atom stereocenters. The van der Waals surface area contributed by atoms with Crippen LogP contribution in [-0.4, -0.2) is 19.1 Å². The first-order valence-corrected chi connectivity index (χ1v) is 4.79. The van der Waals surface area contributed by atoms with E-state index in [2.05, 4.69) is 11.2 Å². The molecule has 16 heavy (non-hydrogen) atoms. The number of carbonyl (C=O) groups excluding carboxylic acids is 1. The molecule has 0 bridgehead atoms. The predicted molar refractivity (Wildman–Crippen MR) is 63.2 cm³/mol. The summed E-state index contributed by atoms with van der Waals surface area (Å²) in [4.78, 5) is 11.7. The van der Waals surface area contributed by atoms with Gasteiger partial charge in [0, 0.05) is 5.56 Å². The van der Waals surface area contributed by atoms with Crippen molar-refractivity contribution in [2.45, 2.75) is 13.0 Å². The van der Waals surface area contributed by atoms with Gasteiger partial charge in [0.2, 0.25) is 0 Å². The number of hydrogen-bond acceptors (Lipinski definition) is 3. The lowest BCUT2D eigenvalue weighted by Gasteiger charge is -2.09. The maximum atomic E-state index is 11.7. The second-order valence-corrected chi connectivity index (χ2v) is 3.32. The molecule has 0 aliphatic carbocycles. The van der Waals surface area contributed by atoms with Crippen LogP contribution in [0.15, 0.2) is 18.2 Å². The topological polar surface area (TPSA) is 64.4 Å². The molecule has 84 valence electrons. The summed E-state index contributed by atoms with van der Waals surface area (Å²) in [5.74, 6) is 2.64. The van der Waals surface area contributed by atoms with Crippen LogP contribution in [0.2, 0.25) is 0 Å². The number of nitrogen functional groups attached to an aromatic ring is 1. The van der Waals surface area contributed by atoms with E-state index in [4.69, 9.17) is 16.9 Å². The van der Waals surface area contributed by atoms with Crippen molar-refractivity contribution in [1.82, 2.24) is 5.32 Å². The minimum absolute atomic E-state index is 0.247. The summed E-state index contributed by atoms with van der Waals surface area (Å²) in [5.41, 5.74) is 6.59. The molecule has 0 aliphatic rings. The second kappa shape index (κ2) is 5.08. The molecule has 0 saturated heterocycles. The number of nitrogens with two attached hydrogens (primary N) is 1. The molecule has 1 aromatic carbocycles. The van der Waals surface area contributed by atoms with E-state index in [1.807, 2.05) is 0 Å². The Morgan fingerprint density at radius 2 is 2.31 bits per heavy atom. The zero-order chi connectivity index (χ0) is 12.1. The van der Waals surface area contributed by atoms with Crippen molar-refractivity contribution in [2.24, 2.45) is 0 Å². The summed E-state index contributed by atoms with van der Waals surface area (Å²) >= 11 is 0. The van der Waals surface area contributed by atoms with Gasteiger partial charge < -0.3 is 15.8 Å². The SMILES string of the molecule is C#CC(C)NC(=O)c1ccc(N)c(OC)c1. The maximum Gasteiger partial charge on any atom is 0.252 e. The number of hydrogen-bond donors (Lipinski definition) is 2. The van der Waals surface area contributed by atoms with E-state index in [1.165, 1.54) is 7.11 Å². The molecule has 0 fully saturated rings. The average Bonchev–Trinajstić information content (AvgIpc) is 2.29. The van der Waals surface area contributed by atoms with Gasteiger partial charge in [0.25, 0.3) is 5.91 Å². The molecule has 0 spiro atoms. The molecule has 1 amide bonds. The van der Waals surface area contributed by atoms with Crippen molar-refractivity contribution in [3.05, 3.63) is 23.8 Å². The first-order chi connectivity index (χ1) is 7.58. The quantitative estimate of drug-likeness (QED) is 0.588. The smallest absolute Gasteiger partial charge is 0.252 e. The predicted octanol–water partition coefficient (Wildman–Crippen LogP) is 1.03. The number of anilines is 1. The van der Waals surface area contributed by atoms with Crippen LogP contribution in [0.4, 0.5) is 5.69 Å². The molecule has 4 nitrogen and oxygen atoms in total. The lowest BCUT2D eigenvalue weighted by atomic mass is 10.1. The van der Waals surface area contributed by atoms with E-state index in [9.17, 15) is 4.79 Å². The highest BCUT2D eigenvalue weighted by molar-refractivity contribution is 5.95. The van der Waals surface area contributed by atoms with E-state index >= 15 is 0 Å². The summed E-state index contributed by atoms with van der Waals surface area (Å²) in [6.45, 7) is 1.73. The summed E-state index contributed by atoms with van der Waals surface area (Å²) < 4.78 is 5.02. The third-order valence-corrected chi connectivity index (χ3v) is 2.09. The molecule has 3 N–H and O–H groups in total. The van der Waals surface area contributed by atoms with Crippen molar-refractivity contribution < 1.29 is 9.53 Å². The Hall–Kier alpha value is -2.15. The summed E-state index contributed by atoms with van der Waals surface area (Å²) in [5, 5.41) is 2.65. The van der Waals surface area contributed by atoms with Gasteiger partial charge in [0.1, 0.15) is 5.75 Å². The lowest BCUT2D eigenvalue weighted by molar-refractivity contribution is 0.0948. The Labute approximate surface area is 94.8 Å². The van der Waals surface area contributed by atoms with E-state index in [0.29, 0.717) is 17.0 Å². The lowest BCUT2D eigenvalue weighted by Crippen LogP contribution is -2.31. The fraction of sp³-hybridized carbons (Fsp3) is 0.250. The largest absolute Gasteiger partial charge is 0.495 e. The number of rotatable bonds is 3. The first-order valence-electron chi connectivity index (χ1n) is 4.79. The molecular weight excluding hydrogens is 204 g/mol. The van der Waals surface area contributed by atoms with Gasteiger partial charge in [-0.3, -0.25) is 4.79 Å². The molecular formula is C12H14N2O2. The number of amides is 1. The van der Waals surface area contributed by atoms with Crippen LogP contribution in [0.1, 0.15) is 17.3 Å². The van der Waals surface area contributed by atoms with Gasteiger partial charge in [0.05, 0.1) is 18.8 Å². The van der Waals surface area contributed by atoms with Gasteiger partial charge in [-0.1, -0.05) is 5.92 Å². The van der Waals surface area contributed by atoms with Gasteiger partial charge in [0.15, 0.2) is 0 Å². The van der Waals surface area contributed by atoms with Gasteiger partial charge in [-0.2, -0.15) is 0 Å². The van der Waals surface area contributed by atoms with E-state index in [-0.39, 0.29) is 11.9 Å². The Morgan fingerprint density at radius 1 is 1.62 bits per heavy atom. The number of methoxy groups -OCH3 is 1.